The summed E-state index contributed by atoms with van der Waals surface area (Å²) in [5, 5.41) is 9.11. The van der Waals surface area contributed by atoms with Gasteiger partial charge in [-0.15, -0.1) is 0 Å². The molecule has 0 saturated heterocycles. The van der Waals surface area contributed by atoms with Crippen molar-refractivity contribution < 1.29 is 18.3 Å². The van der Waals surface area contributed by atoms with Gasteiger partial charge in [0.2, 0.25) is 0 Å². The van der Waals surface area contributed by atoms with Crippen LogP contribution in [0.4, 0.5) is 11.5 Å². The second kappa shape index (κ2) is 5.54. The first kappa shape index (κ1) is 15.0. The molecule has 1 aromatic heterocycles. The summed E-state index contributed by atoms with van der Waals surface area (Å²) in [5.41, 5.74) is 5.16. The number of nitrogen functional groups attached to an aromatic ring is 1. The van der Waals surface area contributed by atoms with Crippen LogP contribution in [-0.2, 0) is 10.0 Å². The molecular weight excluding hydrogens is 320 g/mol. The molecule has 0 aliphatic carbocycles. The second-order valence-corrected chi connectivity index (χ2v) is 5.93. The lowest BCUT2D eigenvalue weighted by Gasteiger charge is -2.10. The van der Waals surface area contributed by atoms with E-state index in [9.17, 15) is 13.2 Å². The average Bonchev–Trinajstić information content (AvgIpc) is 2.37. The van der Waals surface area contributed by atoms with Crippen LogP contribution in [0.5, 0.6) is 0 Å². The summed E-state index contributed by atoms with van der Waals surface area (Å²) in [4.78, 5) is 18.0. The quantitative estimate of drug-likeness (QED) is 0.567. The first-order valence-corrected chi connectivity index (χ1v) is 7.29. The molecule has 0 amide bonds. The average molecular weight is 329 g/mol. The summed E-state index contributed by atoms with van der Waals surface area (Å²) in [7, 11) is -4.16. The Morgan fingerprint density at radius 2 is 2.00 bits per heavy atom. The van der Waals surface area contributed by atoms with Gasteiger partial charge in [-0.05, 0) is 18.2 Å². The molecule has 0 aliphatic heterocycles. The number of carbonyl (C=O) groups is 1. The summed E-state index contributed by atoms with van der Waals surface area (Å²) < 4.78 is 26.6. The molecule has 0 spiro atoms. The maximum absolute atomic E-state index is 12.2. The van der Waals surface area contributed by atoms with Gasteiger partial charge in [-0.1, -0.05) is 11.6 Å². The van der Waals surface area contributed by atoms with Gasteiger partial charge in [0.15, 0.2) is 0 Å². The van der Waals surface area contributed by atoms with E-state index in [1.165, 1.54) is 12.1 Å². The van der Waals surface area contributed by atoms with E-state index >= 15 is 0 Å². The lowest BCUT2D eigenvalue weighted by Crippen LogP contribution is -2.18. The Morgan fingerprint density at radius 3 is 2.62 bits per heavy atom. The zero-order valence-electron chi connectivity index (χ0n) is 10.3. The van der Waals surface area contributed by atoms with E-state index in [1.807, 2.05) is 0 Å². The van der Waals surface area contributed by atoms with Crippen LogP contribution < -0.4 is 10.5 Å². The third-order valence-electron chi connectivity index (χ3n) is 2.40. The minimum atomic E-state index is -4.16. The highest BCUT2D eigenvalue weighted by Crippen LogP contribution is 2.22. The maximum Gasteiger partial charge on any atom is 0.337 e. The number of anilines is 2. The molecule has 0 radical (unpaired) electrons. The van der Waals surface area contributed by atoms with E-state index in [0.29, 0.717) is 0 Å². The molecule has 0 fully saturated rings. The third kappa shape index (κ3) is 3.38. The SMILES string of the molecule is Nc1ccc(S(=O)(=O)Nc2cc(Cl)ncn2)c(C(=O)O)c1. The van der Waals surface area contributed by atoms with Crippen molar-refractivity contribution in [2.75, 3.05) is 10.5 Å². The van der Waals surface area contributed by atoms with Crippen molar-refractivity contribution in [1.82, 2.24) is 9.97 Å². The normalized spacial score (nSPS) is 11.1. The fraction of sp³-hybridized carbons (Fsp3) is 0. The number of aromatic carboxylic acids is 1. The Kier molecular flexibility index (Phi) is 3.96. The standard InChI is InChI=1S/C11H9ClN4O4S/c12-9-4-10(15-5-14-9)16-21(19,20)8-2-1-6(13)3-7(8)11(17)18/h1-5H,13H2,(H,17,18)(H,14,15,16). The van der Waals surface area contributed by atoms with Crippen molar-refractivity contribution in [1.29, 1.82) is 0 Å². The van der Waals surface area contributed by atoms with Crippen molar-refractivity contribution in [2.24, 2.45) is 0 Å². The van der Waals surface area contributed by atoms with Crippen LogP contribution in [-0.4, -0.2) is 29.5 Å². The van der Waals surface area contributed by atoms with E-state index < -0.39 is 26.5 Å². The van der Waals surface area contributed by atoms with Crippen LogP contribution >= 0.6 is 11.6 Å². The van der Waals surface area contributed by atoms with Crippen molar-refractivity contribution in [3.8, 4) is 0 Å². The summed E-state index contributed by atoms with van der Waals surface area (Å²) in [6.45, 7) is 0. The lowest BCUT2D eigenvalue weighted by atomic mass is 10.2. The van der Waals surface area contributed by atoms with E-state index in [4.69, 9.17) is 22.4 Å². The molecule has 2 rings (SSSR count). The predicted octanol–water partition coefficient (Wildman–Crippen LogP) is 1.21. The molecule has 10 heteroatoms. The minimum absolute atomic E-state index is 0.0402. The van der Waals surface area contributed by atoms with Crippen LogP contribution in [0.3, 0.4) is 0 Å². The van der Waals surface area contributed by atoms with E-state index in [0.717, 1.165) is 18.5 Å². The van der Waals surface area contributed by atoms with Crippen LogP contribution in [0.2, 0.25) is 5.15 Å². The Hall–Kier alpha value is -2.39. The van der Waals surface area contributed by atoms with Gasteiger partial charge in [0, 0.05) is 11.8 Å². The zero-order valence-corrected chi connectivity index (χ0v) is 11.9. The number of aromatic nitrogens is 2. The number of benzene rings is 1. The van der Waals surface area contributed by atoms with Crippen LogP contribution in [0.25, 0.3) is 0 Å². The number of rotatable bonds is 4. The van der Waals surface area contributed by atoms with Crippen molar-refractivity contribution in [3.05, 3.63) is 41.3 Å². The molecule has 21 heavy (non-hydrogen) atoms. The maximum atomic E-state index is 12.2. The Labute approximate surface area is 124 Å². The number of carboxylic acid groups (broad SMARTS) is 1. The van der Waals surface area contributed by atoms with Gasteiger partial charge in [0.25, 0.3) is 10.0 Å². The number of sulfonamides is 1. The fourth-order valence-electron chi connectivity index (χ4n) is 1.53. The largest absolute Gasteiger partial charge is 0.478 e. The van der Waals surface area contributed by atoms with Crippen LogP contribution in [0.1, 0.15) is 10.4 Å². The molecule has 1 aromatic carbocycles. The number of nitrogens with zero attached hydrogens (tertiary/aromatic N) is 2. The molecule has 8 nitrogen and oxygen atoms in total. The minimum Gasteiger partial charge on any atom is -0.478 e. The highest BCUT2D eigenvalue weighted by molar-refractivity contribution is 7.92. The summed E-state index contributed by atoms with van der Waals surface area (Å²) in [6.07, 6.45) is 1.07. The number of hydrogen-bond acceptors (Lipinski definition) is 6. The Bertz CT molecular complexity index is 810. The topological polar surface area (TPSA) is 135 Å². The highest BCUT2D eigenvalue weighted by atomic mass is 35.5. The molecule has 0 bridgehead atoms. The Balaban J connectivity index is 2.47. The first-order chi connectivity index (χ1) is 9.79. The second-order valence-electron chi connectivity index (χ2n) is 3.89. The molecule has 2 aromatic rings. The molecule has 1 heterocycles. The van der Waals surface area contributed by atoms with E-state index in [-0.39, 0.29) is 16.7 Å². The number of nitrogens with one attached hydrogen (secondary N) is 1. The van der Waals surface area contributed by atoms with Crippen LogP contribution in [0.15, 0.2) is 35.5 Å². The zero-order chi connectivity index (χ0) is 15.6. The number of halogens is 1. The van der Waals surface area contributed by atoms with Gasteiger partial charge in [0.05, 0.1) is 5.56 Å². The number of nitrogens with two attached hydrogens (primary N) is 1. The van der Waals surface area contributed by atoms with Gasteiger partial charge in [-0.3, -0.25) is 4.72 Å². The highest BCUT2D eigenvalue weighted by Gasteiger charge is 2.23. The van der Waals surface area contributed by atoms with Crippen molar-refractivity contribution in [3.63, 3.8) is 0 Å². The summed E-state index contributed by atoms with van der Waals surface area (Å²) in [5.74, 6) is -1.49. The molecule has 4 N–H and O–H groups in total. The van der Waals surface area contributed by atoms with Gasteiger partial charge in [-0.2, -0.15) is 0 Å². The molecule has 0 unspecified atom stereocenters. The number of carboxylic acids is 1. The third-order valence-corrected chi connectivity index (χ3v) is 4.02. The number of hydrogen-bond donors (Lipinski definition) is 3. The molecule has 0 aliphatic rings. The monoisotopic (exact) mass is 328 g/mol. The smallest absolute Gasteiger partial charge is 0.337 e. The molecule has 0 saturated carbocycles. The van der Waals surface area contributed by atoms with Gasteiger partial charge < -0.3 is 10.8 Å². The van der Waals surface area contributed by atoms with Crippen LogP contribution in [0, 0.1) is 0 Å². The van der Waals surface area contributed by atoms with Crippen molar-refractivity contribution >= 4 is 39.1 Å². The van der Waals surface area contributed by atoms with Gasteiger partial charge in [0.1, 0.15) is 22.2 Å². The summed E-state index contributed by atoms with van der Waals surface area (Å²) >= 11 is 5.63. The fourth-order valence-corrected chi connectivity index (χ4v) is 2.86. The molecule has 0 atom stereocenters. The summed E-state index contributed by atoms with van der Waals surface area (Å²) in [6, 6.07) is 4.64. The first-order valence-electron chi connectivity index (χ1n) is 5.43. The molecular formula is C11H9ClN4O4S. The van der Waals surface area contributed by atoms with E-state index in [1.54, 1.807) is 0 Å². The van der Waals surface area contributed by atoms with Crippen molar-refractivity contribution in [2.45, 2.75) is 4.90 Å². The predicted molar refractivity (Wildman–Crippen MR) is 75.7 cm³/mol. The van der Waals surface area contributed by atoms with Gasteiger partial charge >= 0.3 is 5.97 Å². The Morgan fingerprint density at radius 1 is 1.29 bits per heavy atom. The molecule has 110 valence electrons. The lowest BCUT2D eigenvalue weighted by molar-refractivity contribution is 0.0692. The van der Waals surface area contributed by atoms with E-state index in [2.05, 4.69) is 14.7 Å². The van der Waals surface area contributed by atoms with Gasteiger partial charge in [-0.25, -0.2) is 23.2 Å².